The third kappa shape index (κ3) is 3.03. The van der Waals surface area contributed by atoms with Crippen molar-refractivity contribution in [3.63, 3.8) is 0 Å². The summed E-state index contributed by atoms with van der Waals surface area (Å²) in [5, 5.41) is 2.98. The van der Waals surface area contributed by atoms with Crippen LogP contribution in [0.15, 0.2) is 18.2 Å². The minimum absolute atomic E-state index is 0.192. The zero-order chi connectivity index (χ0) is 13.1. The van der Waals surface area contributed by atoms with Gasteiger partial charge in [-0.15, -0.1) is 0 Å². The molecule has 0 heterocycles. The van der Waals surface area contributed by atoms with Crippen LogP contribution in [0.2, 0.25) is 0 Å². The predicted octanol–water partition coefficient (Wildman–Crippen LogP) is 2.84. The van der Waals surface area contributed by atoms with E-state index in [4.69, 9.17) is 4.74 Å². The van der Waals surface area contributed by atoms with E-state index in [1.54, 1.807) is 7.11 Å². The zero-order valence-corrected chi connectivity index (χ0v) is 11.3. The quantitative estimate of drug-likeness (QED) is 0.869. The summed E-state index contributed by atoms with van der Waals surface area (Å²) in [6, 6.07) is 6.11. The fraction of sp³-hybridized carbons (Fsp3) is 0.533. The highest BCUT2D eigenvalue weighted by molar-refractivity contribution is 5.80. The van der Waals surface area contributed by atoms with Crippen LogP contribution >= 0.6 is 0 Å². The van der Waals surface area contributed by atoms with E-state index in [9.17, 15) is 4.79 Å². The third-order valence-corrected chi connectivity index (χ3v) is 3.33. The lowest BCUT2D eigenvalue weighted by Crippen LogP contribution is -2.24. The van der Waals surface area contributed by atoms with Crippen molar-refractivity contribution in [2.45, 2.75) is 39.2 Å². The van der Waals surface area contributed by atoms with Crippen LogP contribution in [0.25, 0.3) is 0 Å². The first kappa shape index (κ1) is 12.9. The molecule has 3 nitrogen and oxygen atoms in total. The number of ether oxygens (including phenoxy) is 1. The summed E-state index contributed by atoms with van der Waals surface area (Å²) >= 11 is 0. The molecule has 1 saturated carbocycles. The molecule has 0 unspecified atom stereocenters. The monoisotopic (exact) mass is 247 g/mol. The van der Waals surface area contributed by atoms with Gasteiger partial charge in [-0.25, -0.2) is 0 Å². The zero-order valence-electron chi connectivity index (χ0n) is 11.3. The molecule has 0 bridgehead atoms. The van der Waals surface area contributed by atoms with Crippen LogP contribution in [-0.2, 0) is 11.3 Å². The largest absolute Gasteiger partial charge is 0.496 e. The molecule has 1 aliphatic carbocycles. The van der Waals surface area contributed by atoms with E-state index in [0.29, 0.717) is 12.5 Å². The van der Waals surface area contributed by atoms with Gasteiger partial charge < -0.3 is 10.1 Å². The normalized spacial score (nSPS) is 14.7. The van der Waals surface area contributed by atoms with Gasteiger partial charge >= 0.3 is 0 Å². The Bertz CT molecular complexity index is 436. The molecule has 0 atom stereocenters. The lowest BCUT2D eigenvalue weighted by Gasteiger charge is -2.14. The van der Waals surface area contributed by atoms with Crippen LogP contribution < -0.4 is 10.1 Å². The van der Waals surface area contributed by atoms with Crippen molar-refractivity contribution in [2.75, 3.05) is 7.11 Å². The standard InChI is InChI=1S/C15H21NO2/c1-10(2)13-8-11(4-7-14(13)18-3)9-16-15(17)12-5-6-12/h4,7-8,10,12H,5-6,9H2,1-3H3,(H,16,17). The maximum absolute atomic E-state index is 11.6. The number of methoxy groups -OCH3 is 1. The Kier molecular flexibility index (Phi) is 3.90. The molecule has 0 radical (unpaired) electrons. The number of carbonyl (C=O) groups excluding carboxylic acids is 1. The Morgan fingerprint density at radius 2 is 2.17 bits per heavy atom. The summed E-state index contributed by atoms with van der Waals surface area (Å²) in [4.78, 5) is 11.6. The Morgan fingerprint density at radius 3 is 2.72 bits per heavy atom. The Labute approximate surface area is 109 Å². The van der Waals surface area contributed by atoms with Crippen LogP contribution in [0.1, 0.15) is 43.7 Å². The van der Waals surface area contributed by atoms with E-state index >= 15 is 0 Å². The van der Waals surface area contributed by atoms with E-state index in [1.807, 2.05) is 12.1 Å². The highest BCUT2D eigenvalue weighted by Crippen LogP contribution is 2.29. The summed E-state index contributed by atoms with van der Waals surface area (Å²) in [7, 11) is 1.69. The fourth-order valence-electron chi connectivity index (χ4n) is 2.02. The van der Waals surface area contributed by atoms with Crippen molar-refractivity contribution < 1.29 is 9.53 Å². The van der Waals surface area contributed by atoms with Crippen LogP contribution in [0.3, 0.4) is 0 Å². The van der Waals surface area contributed by atoms with Crippen molar-refractivity contribution in [1.29, 1.82) is 0 Å². The summed E-state index contributed by atoms with van der Waals surface area (Å²) in [6.45, 7) is 4.90. The molecule has 98 valence electrons. The van der Waals surface area contributed by atoms with Crippen molar-refractivity contribution in [1.82, 2.24) is 5.32 Å². The molecule has 1 aliphatic rings. The van der Waals surface area contributed by atoms with Crippen molar-refractivity contribution in [2.24, 2.45) is 5.92 Å². The van der Waals surface area contributed by atoms with E-state index in [1.165, 1.54) is 5.56 Å². The Hall–Kier alpha value is -1.51. The highest BCUT2D eigenvalue weighted by atomic mass is 16.5. The van der Waals surface area contributed by atoms with Gasteiger partial charge in [0, 0.05) is 12.5 Å². The number of rotatable bonds is 5. The van der Waals surface area contributed by atoms with Crippen LogP contribution in [-0.4, -0.2) is 13.0 Å². The summed E-state index contributed by atoms with van der Waals surface area (Å²) in [5.74, 6) is 1.80. The van der Waals surface area contributed by atoms with Gasteiger partial charge in [-0.3, -0.25) is 4.79 Å². The lowest BCUT2D eigenvalue weighted by molar-refractivity contribution is -0.122. The Morgan fingerprint density at radius 1 is 1.44 bits per heavy atom. The second-order valence-corrected chi connectivity index (χ2v) is 5.22. The van der Waals surface area contributed by atoms with Crippen molar-refractivity contribution in [3.8, 4) is 5.75 Å². The van der Waals surface area contributed by atoms with Gasteiger partial charge in [-0.1, -0.05) is 26.0 Å². The number of carbonyl (C=O) groups is 1. The molecule has 1 aromatic rings. The topological polar surface area (TPSA) is 38.3 Å². The van der Waals surface area contributed by atoms with Crippen LogP contribution in [0, 0.1) is 5.92 Å². The Balaban J connectivity index is 2.03. The molecule has 2 rings (SSSR count). The first-order chi connectivity index (χ1) is 8.61. The maximum Gasteiger partial charge on any atom is 0.223 e. The molecule has 0 aromatic heterocycles. The van der Waals surface area contributed by atoms with E-state index in [2.05, 4.69) is 25.2 Å². The highest BCUT2D eigenvalue weighted by Gasteiger charge is 2.29. The average molecular weight is 247 g/mol. The molecule has 3 heteroatoms. The minimum Gasteiger partial charge on any atom is -0.496 e. The van der Waals surface area contributed by atoms with Gasteiger partial charge in [-0.05, 0) is 36.0 Å². The number of nitrogens with one attached hydrogen (secondary N) is 1. The SMILES string of the molecule is COc1ccc(CNC(=O)C2CC2)cc1C(C)C. The molecule has 1 N–H and O–H groups in total. The summed E-state index contributed by atoms with van der Waals surface area (Å²) in [5.41, 5.74) is 2.32. The number of hydrogen-bond donors (Lipinski definition) is 1. The molecule has 18 heavy (non-hydrogen) atoms. The molecular formula is C15H21NO2. The number of hydrogen-bond acceptors (Lipinski definition) is 2. The summed E-state index contributed by atoms with van der Waals surface area (Å²) < 4.78 is 5.35. The molecule has 1 amide bonds. The molecule has 0 aliphatic heterocycles. The molecule has 0 saturated heterocycles. The molecule has 1 fully saturated rings. The van der Waals surface area contributed by atoms with E-state index in [-0.39, 0.29) is 11.8 Å². The van der Waals surface area contributed by atoms with Gasteiger partial charge in [0.05, 0.1) is 7.11 Å². The van der Waals surface area contributed by atoms with Gasteiger partial charge in [0.2, 0.25) is 5.91 Å². The van der Waals surface area contributed by atoms with Gasteiger partial charge in [0.25, 0.3) is 0 Å². The first-order valence-electron chi connectivity index (χ1n) is 6.56. The van der Waals surface area contributed by atoms with Gasteiger partial charge in [-0.2, -0.15) is 0 Å². The first-order valence-corrected chi connectivity index (χ1v) is 6.56. The number of amides is 1. The van der Waals surface area contributed by atoms with Crippen LogP contribution in [0.5, 0.6) is 5.75 Å². The van der Waals surface area contributed by atoms with Crippen molar-refractivity contribution in [3.05, 3.63) is 29.3 Å². The second kappa shape index (κ2) is 5.42. The predicted molar refractivity (Wildman–Crippen MR) is 71.7 cm³/mol. The fourth-order valence-corrected chi connectivity index (χ4v) is 2.02. The van der Waals surface area contributed by atoms with Gasteiger partial charge in [0.15, 0.2) is 0 Å². The van der Waals surface area contributed by atoms with Crippen molar-refractivity contribution >= 4 is 5.91 Å². The van der Waals surface area contributed by atoms with Crippen LogP contribution in [0.4, 0.5) is 0 Å². The van der Waals surface area contributed by atoms with E-state index in [0.717, 1.165) is 24.2 Å². The number of benzene rings is 1. The minimum atomic E-state index is 0.192. The maximum atomic E-state index is 11.6. The second-order valence-electron chi connectivity index (χ2n) is 5.22. The smallest absolute Gasteiger partial charge is 0.223 e. The lowest BCUT2D eigenvalue weighted by atomic mass is 9.99. The molecule has 0 spiro atoms. The molecular weight excluding hydrogens is 226 g/mol. The third-order valence-electron chi connectivity index (χ3n) is 3.33. The van der Waals surface area contributed by atoms with Gasteiger partial charge in [0.1, 0.15) is 5.75 Å². The summed E-state index contributed by atoms with van der Waals surface area (Å²) in [6.07, 6.45) is 2.09. The average Bonchev–Trinajstić information content (AvgIpc) is 3.19. The van der Waals surface area contributed by atoms with E-state index < -0.39 is 0 Å². The molecule has 1 aromatic carbocycles.